The lowest BCUT2D eigenvalue weighted by Crippen LogP contribution is -2.00. The summed E-state index contributed by atoms with van der Waals surface area (Å²) in [6.07, 6.45) is 1.73. The molecule has 2 aromatic heterocycles. The van der Waals surface area contributed by atoms with Gasteiger partial charge in [-0.3, -0.25) is 0 Å². The maximum Gasteiger partial charge on any atom is 0.227 e. The predicted octanol–water partition coefficient (Wildman–Crippen LogP) is 10.5. The van der Waals surface area contributed by atoms with E-state index in [4.69, 9.17) is 24.4 Å². The minimum absolute atomic E-state index is 0.562. The third-order valence-electron chi connectivity index (χ3n) is 8.25. The highest BCUT2D eigenvalue weighted by Crippen LogP contribution is 2.35. The highest BCUT2D eigenvalue weighted by atomic mass is 16.4. The Labute approximate surface area is 266 Å². The Morgan fingerprint density at radius 1 is 0.500 bits per heavy atom. The van der Waals surface area contributed by atoms with Gasteiger partial charge >= 0.3 is 0 Å². The topological polar surface area (TPSA) is 64.7 Å². The number of oxazole rings is 1. The fraction of sp³-hybridized carbons (Fsp3) is 0.0244. The highest BCUT2D eigenvalue weighted by Gasteiger charge is 2.18. The van der Waals surface area contributed by atoms with Crippen LogP contribution in [0.2, 0.25) is 0 Å². The summed E-state index contributed by atoms with van der Waals surface area (Å²) in [5.74, 6) is 3.09. The lowest BCUT2D eigenvalue weighted by molar-refractivity contribution is 0.588. The maximum atomic E-state index is 6.30. The Morgan fingerprint density at radius 2 is 1.00 bits per heavy atom. The number of aryl methyl sites for hydroxylation is 1. The van der Waals surface area contributed by atoms with Gasteiger partial charge in [0.1, 0.15) is 5.69 Å². The summed E-state index contributed by atoms with van der Waals surface area (Å²) in [5, 5.41) is 4.61. The van der Waals surface area contributed by atoms with Gasteiger partial charge in [0.2, 0.25) is 5.89 Å². The van der Waals surface area contributed by atoms with E-state index in [1.807, 2.05) is 66.7 Å². The van der Waals surface area contributed by atoms with E-state index >= 15 is 0 Å². The fourth-order valence-corrected chi connectivity index (χ4v) is 5.85. The van der Waals surface area contributed by atoms with E-state index in [1.165, 1.54) is 10.8 Å². The van der Waals surface area contributed by atoms with Crippen LogP contribution in [-0.4, -0.2) is 19.9 Å². The second-order valence-corrected chi connectivity index (χ2v) is 11.3. The molecular formula is C41H28N4O. The molecule has 2 heterocycles. The Bertz CT molecular complexity index is 2310. The molecule has 0 aliphatic rings. The van der Waals surface area contributed by atoms with E-state index in [-0.39, 0.29) is 0 Å². The molecule has 0 fully saturated rings. The molecular weight excluding hydrogens is 564 g/mol. The first-order valence-electron chi connectivity index (χ1n) is 15.2. The number of hydrogen-bond donors (Lipinski definition) is 0. The smallest absolute Gasteiger partial charge is 0.227 e. The quantitative estimate of drug-likeness (QED) is 0.192. The molecule has 0 bridgehead atoms. The summed E-state index contributed by atoms with van der Waals surface area (Å²) in [4.78, 5) is 19.7. The second kappa shape index (κ2) is 11.4. The molecule has 0 unspecified atom stereocenters. The lowest BCUT2D eigenvalue weighted by atomic mass is 10.0. The number of aromatic nitrogens is 4. The fourth-order valence-electron chi connectivity index (χ4n) is 5.85. The molecule has 0 aliphatic heterocycles. The third-order valence-corrected chi connectivity index (χ3v) is 8.25. The van der Waals surface area contributed by atoms with Gasteiger partial charge in [-0.15, -0.1) is 0 Å². The van der Waals surface area contributed by atoms with Crippen LogP contribution in [0.5, 0.6) is 0 Å². The SMILES string of the molecule is C=Cc1nc(-c2ccccc2)oc1-c1ccc(-c2nc(-c3ccc4ccccc4c3)nc(-c3ccc4ccccc4c3)n2)cc1C. The van der Waals surface area contributed by atoms with E-state index < -0.39 is 0 Å². The van der Waals surface area contributed by atoms with Crippen molar-refractivity contribution in [2.24, 2.45) is 0 Å². The van der Waals surface area contributed by atoms with Crippen molar-refractivity contribution in [1.29, 1.82) is 0 Å². The van der Waals surface area contributed by atoms with Crippen LogP contribution in [0.25, 0.3) is 84.6 Å². The first kappa shape index (κ1) is 27.4. The van der Waals surface area contributed by atoms with Gasteiger partial charge in [0.05, 0.1) is 0 Å². The van der Waals surface area contributed by atoms with Crippen LogP contribution in [0, 0.1) is 6.92 Å². The highest BCUT2D eigenvalue weighted by molar-refractivity contribution is 5.88. The number of fused-ring (bicyclic) bond motifs is 2. The van der Waals surface area contributed by atoms with Gasteiger partial charge in [-0.05, 0) is 70.4 Å². The van der Waals surface area contributed by atoms with E-state index in [0.717, 1.165) is 44.2 Å². The van der Waals surface area contributed by atoms with Crippen LogP contribution < -0.4 is 0 Å². The van der Waals surface area contributed by atoms with Crippen LogP contribution in [0.4, 0.5) is 0 Å². The van der Waals surface area contributed by atoms with Crippen LogP contribution in [0.1, 0.15) is 11.3 Å². The average Bonchev–Trinajstić information content (AvgIpc) is 3.55. The second-order valence-electron chi connectivity index (χ2n) is 11.3. The van der Waals surface area contributed by atoms with Crippen molar-refractivity contribution in [2.45, 2.75) is 6.92 Å². The van der Waals surface area contributed by atoms with Crippen LogP contribution in [0.3, 0.4) is 0 Å². The number of rotatable bonds is 6. The summed E-state index contributed by atoms with van der Waals surface area (Å²) in [7, 11) is 0. The van der Waals surface area contributed by atoms with Crippen molar-refractivity contribution in [1.82, 2.24) is 19.9 Å². The summed E-state index contributed by atoms with van der Waals surface area (Å²) in [6.45, 7) is 6.05. The lowest BCUT2D eigenvalue weighted by Gasteiger charge is -2.11. The Kier molecular flexibility index (Phi) is 6.77. The Morgan fingerprint density at radius 3 is 1.54 bits per heavy atom. The van der Waals surface area contributed by atoms with Crippen molar-refractivity contribution in [3.63, 3.8) is 0 Å². The molecule has 0 radical (unpaired) electrons. The monoisotopic (exact) mass is 592 g/mol. The Hall–Kier alpha value is -6.20. The predicted molar refractivity (Wildman–Crippen MR) is 187 cm³/mol. The first-order valence-corrected chi connectivity index (χ1v) is 15.2. The van der Waals surface area contributed by atoms with Gasteiger partial charge in [-0.2, -0.15) is 0 Å². The van der Waals surface area contributed by atoms with Crippen molar-refractivity contribution >= 4 is 27.6 Å². The maximum absolute atomic E-state index is 6.30. The molecule has 218 valence electrons. The molecule has 0 atom stereocenters. The van der Waals surface area contributed by atoms with Crippen LogP contribution in [-0.2, 0) is 0 Å². The van der Waals surface area contributed by atoms with Gasteiger partial charge in [0.15, 0.2) is 23.2 Å². The van der Waals surface area contributed by atoms with Gasteiger partial charge < -0.3 is 4.42 Å². The summed E-state index contributed by atoms with van der Waals surface area (Å²) < 4.78 is 6.30. The first-order chi connectivity index (χ1) is 22.6. The summed E-state index contributed by atoms with van der Waals surface area (Å²) >= 11 is 0. The Balaban J connectivity index is 1.25. The molecule has 46 heavy (non-hydrogen) atoms. The molecule has 8 aromatic rings. The van der Waals surface area contributed by atoms with Gasteiger partial charge in [-0.25, -0.2) is 19.9 Å². The van der Waals surface area contributed by atoms with Gasteiger partial charge in [0.25, 0.3) is 0 Å². The van der Waals surface area contributed by atoms with E-state index in [2.05, 4.69) is 80.2 Å². The van der Waals surface area contributed by atoms with Crippen molar-refractivity contribution in [3.05, 3.63) is 151 Å². The molecule has 0 N–H and O–H groups in total. The van der Waals surface area contributed by atoms with E-state index in [0.29, 0.717) is 34.8 Å². The molecule has 0 saturated heterocycles. The van der Waals surface area contributed by atoms with Crippen molar-refractivity contribution in [3.8, 4) is 56.9 Å². The van der Waals surface area contributed by atoms with Gasteiger partial charge in [-0.1, -0.05) is 110 Å². The number of hydrogen-bond acceptors (Lipinski definition) is 5. The summed E-state index contributed by atoms with van der Waals surface area (Å²) in [6, 6.07) is 45.3. The molecule has 0 spiro atoms. The minimum Gasteiger partial charge on any atom is -0.435 e. The molecule has 5 heteroatoms. The van der Waals surface area contributed by atoms with E-state index in [9.17, 15) is 0 Å². The largest absolute Gasteiger partial charge is 0.435 e. The normalized spacial score (nSPS) is 11.2. The number of nitrogens with zero attached hydrogens (tertiary/aromatic N) is 4. The van der Waals surface area contributed by atoms with Crippen LogP contribution >= 0.6 is 0 Å². The third kappa shape index (κ3) is 5.04. The van der Waals surface area contributed by atoms with Gasteiger partial charge in [0, 0.05) is 27.8 Å². The molecule has 0 amide bonds. The standard InChI is InChI=1S/C41H28N4O/c1-3-36-37(46-41(42-36)29-13-5-4-6-14-29)35-22-21-32(23-26(35)2)38-43-39(33-19-17-27-11-7-9-15-30(27)24-33)45-40(44-38)34-20-18-28-12-8-10-16-31(28)25-34/h3-25H,1H2,2H3. The van der Waals surface area contributed by atoms with E-state index in [1.54, 1.807) is 6.08 Å². The molecule has 0 saturated carbocycles. The zero-order chi connectivity index (χ0) is 31.0. The minimum atomic E-state index is 0.562. The van der Waals surface area contributed by atoms with Crippen molar-refractivity contribution in [2.75, 3.05) is 0 Å². The average molecular weight is 593 g/mol. The van der Waals surface area contributed by atoms with Crippen LogP contribution in [0.15, 0.2) is 144 Å². The molecule has 5 nitrogen and oxygen atoms in total. The van der Waals surface area contributed by atoms with Crippen molar-refractivity contribution < 1.29 is 4.42 Å². The molecule has 8 rings (SSSR count). The summed E-state index contributed by atoms with van der Waals surface area (Å²) in [5.41, 5.74) is 6.32. The molecule has 0 aliphatic carbocycles. The molecule has 6 aromatic carbocycles. The zero-order valence-electron chi connectivity index (χ0n) is 25.2. The number of benzene rings is 6. The zero-order valence-corrected chi connectivity index (χ0v) is 25.2.